The number of nitrogens with one attached hydrogen (secondary N) is 1. The van der Waals surface area contributed by atoms with Crippen LogP contribution in [0, 0.1) is 5.82 Å². The van der Waals surface area contributed by atoms with Crippen molar-refractivity contribution in [3.05, 3.63) is 35.1 Å². The summed E-state index contributed by atoms with van der Waals surface area (Å²) in [6.07, 6.45) is 1.81. The zero-order valence-corrected chi connectivity index (χ0v) is 11.5. The van der Waals surface area contributed by atoms with Crippen molar-refractivity contribution >= 4 is 17.3 Å². The van der Waals surface area contributed by atoms with Crippen LogP contribution in [0.1, 0.15) is 36.9 Å². The third kappa shape index (κ3) is 4.23. The lowest BCUT2D eigenvalue weighted by Crippen LogP contribution is -2.33. The van der Waals surface area contributed by atoms with Gasteiger partial charge in [0.25, 0.3) is 0 Å². The summed E-state index contributed by atoms with van der Waals surface area (Å²) < 4.78 is 18.7. The molecule has 0 spiro atoms. The Balaban J connectivity index is 2.91. The first-order valence-corrected chi connectivity index (χ1v) is 6.32. The van der Waals surface area contributed by atoms with Gasteiger partial charge in [-0.1, -0.05) is 25.5 Å². The first-order chi connectivity index (χ1) is 8.58. The summed E-state index contributed by atoms with van der Waals surface area (Å²) in [6.45, 7) is 2.33. The van der Waals surface area contributed by atoms with E-state index in [4.69, 9.17) is 22.7 Å². The van der Waals surface area contributed by atoms with Crippen molar-refractivity contribution in [1.82, 2.24) is 5.32 Å². The Hall–Kier alpha value is -1.20. The average molecular weight is 270 g/mol. The molecule has 5 heteroatoms. The summed E-state index contributed by atoms with van der Waals surface area (Å²) in [7, 11) is 1.54. The van der Waals surface area contributed by atoms with E-state index < -0.39 is 0 Å². The van der Waals surface area contributed by atoms with Crippen molar-refractivity contribution < 1.29 is 9.13 Å². The highest BCUT2D eigenvalue weighted by molar-refractivity contribution is 7.80. The number of hydrogen-bond donors (Lipinski definition) is 2. The fraction of sp³-hybridized carbons (Fsp3) is 0.462. The highest BCUT2D eigenvalue weighted by atomic mass is 32.1. The van der Waals surface area contributed by atoms with Crippen LogP contribution in [0.25, 0.3) is 0 Å². The van der Waals surface area contributed by atoms with Crippen LogP contribution in [-0.4, -0.2) is 12.2 Å². The van der Waals surface area contributed by atoms with Gasteiger partial charge in [-0.15, -0.1) is 0 Å². The minimum Gasteiger partial charge on any atom is -0.380 e. The largest absolute Gasteiger partial charge is 0.380 e. The normalized spacial score (nSPS) is 12.2. The van der Waals surface area contributed by atoms with Crippen molar-refractivity contribution in [3.63, 3.8) is 0 Å². The Bertz CT molecular complexity index is 412. The van der Waals surface area contributed by atoms with E-state index in [2.05, 4.69) is 12.2 Å². The predicted molar refractivity (Wildman–Crippen MR) is 74.7 cm³/mol. The molecule has 0 heterocycles. The van der Waals surface area contributed by atoms with Crippen molar-refractivity contribution in [1.29, 1.82) is 0 Å². The van der Waals surface area contributed by atoms with Gasteiger partial charge >= 0.3 is 0 Å². The molecule has 0 aliphatic heterocycles. The molecule has 0 amide bonds. The maximum atomic E-state index is 13.8. The van der Waals surface area contributed by atoms with E-state index in [1.165, 1.54) is 6.07 Å². The Morgan fingerprint density at radius 1 is 1.56 bits per heavy atom. The van der Waals surface area contributed by atoms with Gasteiger partial charge in [0.1, 0.15) is 5.82 Å². The predicted octanol–water partition coefficient (Wildman–Crippen LogP) is 2.65. The second-order valence-corrected chi connectivity index (χ2v) is 4.57. The molecule has 0 fully saturated rings. The molecule has 0 aromatic heterocycles. The highest BCUT2D eigenvalue weighted by Crippen LogP contribution is 2.21. The number of rotatable bonds is 6. The molecule has 18 heavy (non-hydrogen) atoms. The molecule has 0 bridgehead atoms. The third-order valence-electron chi connectivity index (χ3n) is 2.67. The van der Waals surface area contributed by atoms with Crippen LogP contribution in [0.2, 0.25) is 0 Å². The number of nitrogens with two attached hydrogens (primary N) is 1. The van der Waals surface area contributed by atoms with Crippen LogP contribution >= 0.6 is 12.2 Å². The Morgan fingerprint density at radius 2 is 2.28 bits per heavy atom. The standard InChI is InChI=1S/C13H19FN2OS/c1-3-4-12(16-13(15)18)9-5-6-10(8-17-2)11(14)7-9/h5-7,12H,3-4,8H2,1-2H3,(H3,15,16,18)/t12-/m0/s1. The van der Waals surface area contributed by atoms with Gasteiger partial charge in [0.15, 0.2) is 5.11 Å². The average Bonchev–Trinajstić information content (AvgIpc) is 2.31. The summed E-state index contributed by atoms with van der Waals surface area (Å²) in [5.74, 6) is -0.264. The number of methoxy groups -OCH3 is 1. The van der Waals surface area contributed by atoms with E-state index >= 15 is 0 Å². The maximum Gasteiger partial charge on any atom is 0.164 e. The minimum atomic E-state index is -0.264. The van der Waals surface area contributed by atoms with E-state index in [-0.39, 0.29) is 23.6 Å². The number of benzene rings is 1. The highest BCUT2D eigenvalue weighted by Gasteiger charge is 2.13. The molecule has 1 aromatic carbocycles. The lowest BCUT2D eigenvalue weighted by atomic mass is 10.0. The van der Waals surface area contributed by atoms with Crippen LogP contribution < -0.4 is 11.1 Å². The molecule has 1 atom stereocenters. The van der Waals surface area contributed by atoms with Crippen molar-refractivity contribution in [2.45, 2.75) is 32.4 Å². The number of thiocarbonyl (C=S) groups is 1. The molecule has 0 aliphatic rings. The molecule has 0 saturated heterocycles. The van der Waals surface area contributed by atoms with Crippen molar-refractivity contribution in [3.8, 4) is 0 Å². The van der Waals surface area contributed by atoms with Gasteiger partial charge in [0, 0.05) is 12.7 Å². The van der Waals surface area contributed by atoms with Crippen LogP contribution in [0.4, 0.5) is 4.39 Å². The van der Waals surface area contributed by atoms with Crippen molar-refractivity contribution in [2.75, 3.05) is 7.11 Å². The molecular formula is C13H19FN2OS. The molecule has 0 radical (unpaired) electrons. The Kier molecular flexibility index (Phi) is 6.01. The van der Waals surface area contributed by atoms with E-state index in [1.54, 1.807) is 13.2 Å². The van der Waals surface area contributed by atoms with E-state index in [9.17, 15) is 4.39 Å². The van der Waals surface area contributed by atoms with Gasteiger partial charge in [-0.2, -0.15) is 0 Å². The monoisotopic (exact) mass is 270 g/mol. The smallest absolute Gasteiger partial charge is 0.164 e. The lowest BCUT2D eigenvalue weighted by molar-refractivity contribution is 0.181. The van der Waals surface area contributed by atoms with Gasteiger partial charge in [-0.3, -0.25) is 0 Å². The number of halogens is 1. The van der Waals surface area contributed by atoms with Gasteiger partial charge in [-0.05, 0) is 30.3 Å². The lowest BCUT2D eigenvalue weighted by Gasteiger charge is -2.19. The van der Waals surface area contributed by atoms with Crippen LogP contribution in [-0.2, 0) is 11.3 Å². The molecule has 0 aliphatic carbocycles. The number of ether oxygens (including phenoxy) is 1. The first kappa shape index (κ1) is 14.9. The van der Waals surface area contributed by atoms with E-state index in [0.29, 0.717) is 5.56 Å². The molecular weight excluding hydrogens is 251 g/mol. The van der Waals surface area contributed by atoms with Crippen LogP contribution in [0.5, 0.6) is 0 Å². The molecule has 100 valence electrons. The van der Waals surface area contributed by atoms with Crippen LogP contribution in [0.3, 0.4) is 0 Å². The number of hydrogen-bond acceptors (Lipinski definition) is 2. The molecule has 3 nitrogen and oxygen atoms in total. The SMILES string of the molecule is CCC[C@H](NC(N)=S)c1ccc(COC)c(F)c1. The first-order valence-electron chi connectivity index (χ1n) is 5.91. The van der Waals surface area contributed by atoms with Gasteiger partial charge in [0.2, 0.25) is 0 Å². The molecule has 0 unspecified atom stereocenters. The van der Waals surface area contributed by atoms with Gasteiger partial charge in [-0.25, -0.2) is 4.39 Å². The van der Waals surface area contributed by atoms with Gasteiger partial charge < -0.3 is 15.8 Å². The molecule has 1 aromatic rings. The molecule has 0 saturated carbocycles. The summed E-state index contributed by atoms with van der Waals surface area (Å²) in [6, 6.07) is 5.08. The summed E-state index contributed by atoms with van der Waals surface area (Å²) in [5.41, 5.74) is 6.88. The third-order valence-corrected chi connectivity index (χ3v) is 2.79. The topological polar surface area (TPSA) is 47.3 Å². The quantitative estimate of drug-likeness (QED) is 0.780. The van der Waals surface area contributed by atoms with Crippen molar-refractivity contribution in [2.24, 2.45) is 5.73 Å². The Morgan fingerprint density at radius 3 is 2.78 bits per heavy atom. The van der Waals surface area contributed by atoms with Crippen LogP contribution in [0.15, 0.2) is 18.2 Å². The van der Waals surface area contributed by atoms with Gasteiger partial charge in [0.05, 0.1) is 12.6 Å². The molecule has 3 N–H and O–H groups in total. The molecule has 1 rings (SSSR count). The van der Waals surface area contributed by atoms with E-state index in [0.717, 1.165) is 18.4 Å². The zero-order valence-electron chi connectivity index (χ0n) is 10.7. The fourth-order valence-electron chi connectivity index (χ4n) is 1.84. The Labute approximate surface area is 113 Å². The second kappa shape index (κ2) is 7.28. The fourth-order valence-corrected chi connectivity index (χ4v) is 1.98. The zero-order chi connectivity index (χ0) is 13.5. The summed E-state index contributed by atoms with van der Waals surface area (Å²) in [4.78, 5) is 0. The minimum absolute atomic E-state index is 0.0430. The maximum absolute atomic E-state index is 13.8. The second-order valence-electron chi connectivity index (χ2n) is 4.13. The summed E-state index contributed by atoms with van der Waals surface area (Å²) >= 11 is 4.84. The summed E-state index contributed by atoms with van der Waals surface area (Å²) in [5, 5.41) is 3.22. The van der Waals surface area contributed by atoms with E-state index in [1.807, 2.05) is 6.07 Å².